The summed E-state index contributed by atoms with van der Waals surface area (Å²) in [5.74, 6) is 0.894. The van der Waals surface area contributed by atoms with Crippen molar-refractivity contribution in [1.82, 2.24) is 10.1 Å². The molecular weight excluding hydrogens is 338 g/mol. The molecule has 0 spiro atoms. The van der Waals surface area contributed by atoms with E-state index in [0.29, 0.717) is 25.3 Å². The Labute approximate surface area is 150 Å². The molecule has 1 atom stereocenters. The molecule has 2 aromatic rings. The number of benzene rings is 1. The van der Waals surface area contributed by atoms with Gasteiger partial charge in [0.2, 0.25) is 11.8 Å². The van der Waals surface area contributed by atoms with Gasteiger partial charge in [-0.25, -0.2) is 0 Å². The largest absolute Gasteiger partial charge is 0.497 e. The molecule has 1 aliphatic heterocycles. The topological polar surface area (TPSA) is 95.8 Å². The average molecular weight is 359 g/mol. The number of aromatic nitrogens is 1. The predicted octanol–water partition coefficient (Wildman–Crippen LogP) is 1.17. The molecule has 1 saturated heterocycles. The minimum Gasteiger partial charge on any atom is -0.497 e. The van der Waals surface area contributed by atoms with E-state index >= 15 is 0 Å². The highest BCUT2D eigenvalue weighted by atomic mass is 16.5. The minimum atomic E-state index is -0.545. The Bertz CT molecular complexity index is 839. The highest BCUT2D eigenvalue weighted by Crippen LogP contribution is 2.23. The number of piperazine rings is 1. The molecule has 8 nitrogen and oxygen atoms in total. The molecule has 1 aliphatic rings. The van der Waals surface area contributed by atoms with Crippen LogP contribution in [-0.4, -0.2) is 48.1 Å². The summed E-state index contributed by atoms with van der Waals surface area (Å²) in [4.78, 5) is 39.5. The van der Waals surface area contributed by atoms with Gasteiger partial charge in [-0.15, -0.1) is 0 Å². The summed E-state index contributed by atoms with van der Waals surface area (Å²) in [7, 11) is 1.59. The van der Waals surface area contributed by atoms with E-state index in [-0.39, 0.29) is 23.8 Å². The maximum atomic E-state index is 12.7. The maximum Gasteiger partial charge on any atom is 0.280 e. The van der Waals surface area contributed by atoms with Crippen molar-refractivity contribution in [3.8, 4) is 5.75 Å². The van der Waals surface area contributed by atoms with E-state index in [9.17, 15) is 14.4 Å². The van der Waals surface area contributed by atoms with E-state index in [2.05, 4.69) is 5.16 Å². The molecule has 1 aromatic carbocycles. The molecule has 138 valence electrons. The molecule has 0 bridgehead atoms. The van der Waals surface area contributed by atoms with Crippen molar-refractivity contribution in [1.29, 1.82) is 0 Å². The van der Waals surface area contributed by atoms with Gasteiger partial charge in [0.15, 0.2) is 0 Å². The zero-order chi connectivity index (χ0) is 18.7. The van der Waals surface area contributed by atoms with Crippen LogP contribution in [0.2, 0.25) is 0 Å². The van der Waals surface area contributed by atoms with Crippen molar-refractivity contribution in [2.24, 2.45) is 0 Å². The van der Waals surface area contributed by atoms with Gasteiger partial charge in [0.05, 0.1) is 7.11 Å². The van der Waals surface area contributed by atoms with E-state index in [4.69, 9.17) is 9.26 Å². The average Bonchev–Trinajstić information content (AvgIpc) is 3.07. The number of nitrogens with zero attached hydrogens (tertiary/aromatic N) is 2. The predicted molar refractivity (Wildman–Crippen MR) is 94.2 cm³/mol. The number of ether oxygens (including phenoxy) is 1. The van der Waals surface area contributed by atoms with Gasteiger partial charge < -0.3 is 19.1 Å². The van der Waals surface area contributed by atoms with Gasteiger partial charge in [0.1, 0.15) is 17.6 Å². The van der Waals surface area contributed by atoms with Crippen LogP contribution in [-0.2, 0) is 16.0 Å². The van der Waals surface area contributed by atoms with Crippen LogP contribution < -0.4 is 15.2 Å². The molecule has 1 aromatic heterocycles. The van der Waals surface area contributed by atoms with E-state index in [1.54, 1.807) is 36.0 Å². The number of amides is 2. The number of methoxy groups -OCH3 is 1. The van der Waals surface area contributed by atoms with E-state index in [1.807, 2.05) is 12.1 Å². The molecule has 0 unspecified atom stereocenters. The molecule has 0 aliphatic carbocycles. The Morgan fingerprint density at radius 3 is 2.62 bits per heavy atom. The van der Waals surface area contributed by atoms with Crippen LogP contribution in [0.15, 0.2) is 39.6 Å². The zero-order valence-electron chi connectivity index (χ0n) is 14.7. The molecule has 8 heteroatoms. The fraction of sp³-hybridized carbons (Fsp3) is 0.389. The molecule has 0 radical (unpaired) electrons. The lowest BCUT2D eigenvalue weighted by atomic mass is 10.1. The van der Waals surface area contributed by atoms with Gasteiger partial charge >= 0.3 is 0 Å². The number of H-pyrrole nitrogens is 1. The second kappa shape index (κ2) is 7.47. The molecule has 2 heterocycles. The monoisotopic (exact) mass is 359 g/mol. The number of aromatic amines is 1. The smallest absolute Gasteiger partial charge is 0.280 e. The SMILES string of the molecule is COc1ccc(N2CCN(C(=O)CCc3cc(=O)[nH]o3)[C@H](C)C2=O)cc1. The van der Waals surface area contributed by atoms with Gasteiger partial charge in [-0.1, -0.05) is 0 Å². The molecule has 0 saturated carbocycles. The number of anilines is 1. The fourth-order valence-corrected chi connectivity index (χ4v) is 3.05. The van der Waals surface area contributed by atoms with Crippen molar-refractivity contribution < 1.29 is 18.8 Å². The summed E-state index contributed by atoms with van der Waals surface area (Å²) in [6, 6.07) is 8.04. The van der Waals surface area contributed by atoms with Crippen LogP contribution in [0.5, 0.6) is 5.75 Å². The summed E-state index contributed by atoms with van der Waals surface area (Å²) < 4.78 is 10.1. The summed E-state index contributed by atoms with van der Waals surface area (Å²) in [5.41, 5.74) is 0.452. The van der Waals surface area contributed by atoms with Crippen molar-refractivity contribution in [2.75, 3.05) is 25.1 Å². The van der Waals surface area contributed by atoms with E-state index < -0.39 is 6.04 Å². The lowest BCUT2D eigenvalue weighted by Crippen LogP contribution is -2.57. The highest BCUT2D eigenvalue weighted by Gasteiger charge is 2.34. The van der Waals surface area contributed by atoms with Crippen LogP contribution in [0.1, 0.15) is 19.1 Å². The third-order valence-electron chi connectivity index (χ3n) is 4.52. The molecule has 3 rings (SSSR count). The fourth-order valence-electron chi connectivity index (χ4n) is 3.05. The molecule has 1 fully saturated rings. The number of carbonyl (C=O) groups is 2. The molecule has 26 heavy (non-hydrogen) atoms. The first-order valence-corrected chi connectivity index (χ1v) is 8.42. The van der Waals surface area contributed by atoms with E-state index in [0.717, 1.165) is 11.4 Å². The third-order valence-corrected chi connectivity index (χ3v) is 4.52. The second-order valence-corrected chi connectivity index (χ2v) is 6.13. The Kier molecular flexibility index (Phi) is 5.11. The summed E-state index contributed by atoms with van der Waals surface area (Å²) >= 11 is 0. The number of hydrogen-bond acceptors (Lipinski definition) is 5. The van der Waals surface area contributed by atoms with Gasteiger partial charge in [-0.05, 0) is 31.2 Å². The van der Waals surface area contributed by atoms with Crippen LogP contribution in [0, 0.1) is 0 Å². The van der Waals surface area contributed by atoms with Crippen molar-refractivity contribution >= 4 is 17.5 Å². The number of rotatable bonds is 5. The quantitative estimate of drug-likeness (QED) is 0.865. The lowest BCUT2D eigenvalue weighted by molar-refractivity contribution is -0.140. The third kappa shape index (κ3) is 3.63. The Balaban J connectivity index is 1.62. The Morgan fingerprint density at radius 2 is 2.00 bits per heavy atom. The summed E-state index contributed by atoms with van der Waals surface area (Å²) in [6.45, 7) is 2.61. The normalized spacial score (nSPS) is 17.5. The first-order chi connectivity index (χ1) is 12.5. The van der Waals surface area contributed by atoms with Crippen molar-refractivity contribution in [3.05, 3.63) is 46.4 Å². The number of carbonyl (C=O) groups excluding carboxylic acids is 2. The second-order valence-electron chi connectivity index (χ2n) is 6.13. The molecular formula is C18H21N3O5. The molecule has 1 N–H and O–H groups in total. The summed E-state index contributed by atoms with van der Waals surface area (Å²) in [6.07, 6.45) is 0.498. The van der Waals surface area contributed by atoms with Gasteiger partial charge in [0, 0.05) is 37.7 Å². The lowest BCUT2D eigenvalue weighted by Gasteiger charge is -2.39. The minimum absolute atomic E-state index is 0.122. The first-order valence-electron chi connectivity index (χ1n) is 8.42. The number of nitrogens with one attached hydrogen (secondary N) is 1. The number of hydrogen-bond donors (Lipinski definition) is 1. The van der Waals surface area contributed by atoms with Gasteiger partial charge in [0.25, 0.3) is 5.56 Å². The van der Waals surface area contributed by atoms with E-state index in [1.165, 1.54) is 6.07 Å². The van der Waals surface area contributed by atoms with Crippen molar-refractivity contribution in [2.45, 2.75) is 25.8 Å². The van der Waals surface area contributed by atoms with Crippen LogP contribution in [0.25, 0.3) is 0 Å². The standard InChI is InChI=1S/C18H21N3O5/c1-12-18(24)21(13-3-5-14(25-2)6-4-13)10-9-20(12)17(23)8-7-15-11-16(22)19-26-15/h3-6,11-12H,7-10H2,1-2H3,(H,19,22)/t12-/m1/s1. The first kappa shape index (κ1) is 17.8. The highest BCUT2D eigenvalue weighted by molar-refractivity contribution is 6.00. The Hall–Kier alpha value is -3.03. The maximum absolute atomic E-state index is 12.7. The van der Waals surface area contributed by atoms with Crippen molar-refractivity contribution in [3.63, 3.8) is 0 Å². The van der Waals surface area contributed by atoms with Gasteiger partial charge in [-0.3, -0.25) is 14.4 Å². The van der Waals surface area contributed by atoms with Crippen LogP contribution in [0.3, 0.4) is 0 Å². The zero-order valence-corrected chi connectivity index (χ0v) is 14.7. The van der Waals surface area contributed by atoms with Crippen LogP contribution in [0.4, 0.5) is 5.69 Å². The Morgan fingerprint density at radius 1 is 1.27 bits per heavy atom. The molecule has 2 amide bonds. The summed E-state index contributed by atoms with van der Waals surface area (Å²) in [5, 5.41) is 2.19. The number of aryl methyl sites for hydroxylation is 1. The van der Waals surface area contributed by atoms with Crippen LogP contribution >= 0.6 is 0 Å². The van der Waals surface area contributed by atoms with Gasteiger partial charge in [-0.2, -0.15) is 5.16 Å².